The van der Waals surface area contributed by atoms with Crippen LogP contribution in [0.15, 0.2) is 52.1 Å². The third kappa shape index (κ3) is 7.96. The summed E-state index contributed by atoms with van der Waals surface area (Å²) in [6.07, 6.45) is 0.780. The van der Waals surface area contributed by atoms with Crippen molar-refractivity contribution in [2.24, 2.45) is 17.8 Å². The third-order valence-electron chi connectivity index (χ3n) is 5.06. The molecule has 32 heavy (non-hydrogen) atoms. The first-order chi connectivity index (χ1) is 15.3. The van der Waals surface area contributed by atoms with Gasteiger partial charge >= 0.3 is 0 Å². The maximum absolute atomic E-state index is 13.4. The standard InChI is InChI=1S/C23H31N3O4S2/c1-15(2)12-17(18(22(28)26-30)14-32-20-10-7-11-31-20)21(27)25-19(23(29)24-3)13-16-8-5-4-6-9-16/h4-11,15,17-19,30H,12-14H2,1-3H3,(H,24,29)(H,25,27)(H,26,28)/t17-,18?,19+/m1/s1. The molecular formula is C23H31N3O4S2. The summed E-state index contributed by atoms with van der Waals surface area (Å²) in [7, 11) is 1.53. The number of hydrogen-bond donors (Lipinski definition) is 4. The fraction of sp³-hybridized carbons (Fsp3) is 0.435. The summed E-state index contributed by atoms with van der Waals surface area (Å²) >= 11 is 3.02. The largest absolute Gasteiger partial charge is 0.357 e. The molecule has 0 bridgehead atoms. The van der Waals surface area contributed by atoms with Crippen LogP contribution in [0, 0.1) is 17.8 Å². The summed E-state index contributed by atoms with van der Waals surface area (Å²) in [5, 5.41) is 16.7. The van der Waals surface area contributed by atoms with Gasteiger partial charge in [-0.15, -0.1) is 23.1 Å². The highest BCUT2D eigenvalue weighted by Gasteiger charge is 2.36. The summed E-state index contributed by atoms with van der Waals surface area (Å²) in [6.45, 7) is 3.95. The molecular weight excluding hydrogens is 446 g/mol. The number of thioether (sulfide) groups is 1. The minimum atomic E-state index is -0.771. The van der Waals surface area contributed by atoms with Crippen molar-refractivity contribution in [2.45, 2.75) is 36.9 Å². The molecule has 9 heteroatoms. The number of amides is 3. The van der Waals surface area contributed by atoms with Crippen LogP contribution in [0.1, 0.15) is 25.8 Å². The van der Waals surface area contributed by atoms with Crippen LogP contribution in [0.25, 0.3) is 0 Å². The minimum absolute atomic E-state index is 0.138. The van der Waals surface area contributed by atoms with Gasteiger partial charge in [0.2, 0.25) is 17.7 Å². The van der Waals surface area contributed by atoms with Gasteiger partial charge in [-0.05, 0) is 29.3 Å². The lowest BCUT2D eigenvalue weighted by molar-refractivity contribution is -0.140. The maximum atomic E-state index is 13.4. The van der Waals surface area contributed by atoms with Crippen LogP contribution in [0.4, 0.5) is 0 Å². The van der Waals surface area contributed by atoms with Gasteiger partial charge < -0.3 is 10.6 Å². The Labute approximate surface area is 197 Å². The Balaban J connectivity index is 2.23. The van der Waals surface area contributed by atoms with E-state index in [1.807, 2.05) is 61.7 Å². The first-order valence-corrected chi connectivity index (χ1v) is 12.4. The monoisotopic (exact) mass is 477 g/mol. The first kappa shape index (κ1) is 25.9. The lowest BCUT2D eigenvalue weighted by Gasteiger charge is -2.28. The smallest absolute Gasteiger partial charge is 0.248 e. The van der Waals surface area contributed by atoms with Gasteiger partial charge in [0.05, 0.1) is 16.0 Å². The highest BCUT2D eigenvalue weighted by molar-refractivity contribution is 8.01. The molecule has 0 aliphatic carbocycles. The topological polar surface area (TPSA) is 108 Å². The zero-order valence-electron chi connectivity index (χ0n) is 18.5. The number of likely N-dealkylation sites (N-methyl/N-ethyl adjacent to an activating group) is 1. The van der Waals surface area contributed by atoms with E-state index in [4.69, 9.17) is 0 Å². The number of carbonyl (C=O) groups excluding carboxylic acids is 3. The molecule has 2 rings (SSSR count). The van der Waals surface area contributed by atoms with Crippen molar-refractivity contribution in [3.05, 3.63) is 53.4 Å². The fourth-order valence-electron chi connectivity index (χ4n) is 3.45. The molecule has 0 radical (unpaired) electrons. The lowest BCUT2D eigenvalue weighted by atomic mass is 9.84. The summed E-state index contributed by atoms with van der Waals surface area (Å²) in [5.41, 5.74) is 2.64. The number of nitrogens with one attached hydrogen (secondary N) is 3. The van der Waals surface area contributed by atoms with Crippen molar-refractivity contribution in [1.29, 1.82) is 0 Å². The molecule has 174 valence electrons. The highest BCUT2D eigenvalue weighted by atomic mass is 32.2. The molecule has 0 spiro atoms. The van der Waals surface area contributed by atoms with E-state index >= 15 is 0 Å². The Kier molecular flexibility index (Phi) is 10.7. The van der Waals surface area contributed by atoms with Crippen LogP contribution >= 0.6 is 23.1 Å². The zero-order chi connectivity index (χ0) is 23.5. The number of hydroxylamine groups is 1. The Hall–Kier alpha value is -2.36. The zero-order valence-corrected chi connectivity index (χ0v) is 20.2. The molecule has 0 saturated heterocycles. The van der Waals surface area contributed by atoms with Gasteiger partial charge in [0.25, 0.3) is 0 Å². The van der Waals surface area contributed by atoms with Gasteiger partial charge in [-0.3, -0.25) is 19.6 Å². The van der Waals surface area contributed by atoms with Crippen LogP contribution in [-0.2, 0) is 20.8 Å². The van der Waals surface area contributed by atoms with Gasteiger partial charge in [-0.2, -0.15) is 0 Å². The Morgan fingerprint density at radius 2 is 1.72 bits per heavy atom. The van der Waals surface area contributed by atoms with Crippen molar-refractivity contribution in [3.63, 3.8) is 0 Å². The first-order valence-electron chi connectivity index (χ1n) is 10.5. The van der Waals surface area contributed by atoms with Gasteiger partial charge in [0.15, 0.2) is 0 Å². The molecule has 7 nitrogen and oxygen atoms in total. The molecule has 2 aromatic rings. The van der Waals surface area contributed by atoms with Gasteiger partial charge in [-0.25, -0.2) is 5.48 Å². The van der Waals surface area contributed by atoms with Crippen LogP contribution in [0.5, 0.6) is 0 Å². The second-order valence-corrected chi connectivity index (χ2v) is 10.2. The van der Waals surface area contributed by atoms with Crippen LogP contribution in [0.2, 0.25) is 0 Å². The third-order valence-corrected chi connectivity index (χ3v) is 7.31. The molecule has 3 amide bonds. The van der Waals surface area contributed by atoms with Crippen LogP contribution in [0.3, 0.4) is 0 Å². The van der Waals surface area contributed by atoms with Crippen molar-refractivity contribution in [1.82, 2.24) is 16.1 Å². The Morgan fingerprint density at radius 1 is 1.00 bits per heavy atom. The summed E-state index contributed by atoms with van der Waals surface area (Å²) in [4.78, 5) is 38.4. The van der Waals surface area contributed by atoms with E-state index in [1.165, 1.54) is 18.8 Å². The molecule has 0 fully saturated rings. The molecule has 0 aliphatic rings. The van der Waals surface area contributed by atoms with E-state index in [0.717, 1.165) is 9.77 Å². The fourth-order valence-corrected chi connectivity index (χ4v) is 5.44. The number of rotatable bonds is 12. The predicted molar refractivity (Wildman–Crippen MR) is 128 cm³/mol. The number of thiophene rings is 1. The van der Waals surface area contributed by atoms with Crippen molar-refractivity contribution in [2.75, 3.05) is 12.8 Å². The van der Waals surface area contributed by atoms with E-state index in [2.05, 4.69) is 10.6 Å². The summed E-state index contributed by atoms with van der Waals surface area (Å²) in [6, 6.07) is 12.5. The quantitative estimate of drug-likeness (QED) is 0.213. The Bertz CT molecular complexity index is 859. The van der Waals surface area contributed by atoms with E-state index in [9.17, 15) is 19.6 Å². The van der Waals surface area contributed by atoms with Crippen LogP contribution < -0.4 is 16.1 Å². The maximum Gasteiger partial charge on any atom is 0.248 e. The van der Waals surface area contributed by atoms with E-state index in [1.54, 1.807) is 16.8 Å². The van der Waals surface area contributed by atoms with Crippen molar-refractivity contribution in [3.8, 4) is 0 Å². The Morgan fingerprint density at radius 3 is 2.28 bits per heavy atom. The highest BCUT2D eigenvalue weighted by Crippen LogP contribution is 2.31. The molecule has 1 unspecified atom stereocenters. The molecule has 1 aromatic heterocycles. The van der Waals surface area contributed by atoms with E-state index in [0.29, 0.717) is 18.6 Å². The second kappa shape index (κ2) is 13.2. The second-order valence-electron chi connectivity index (χ2n) is 7.93. The molecule has 1 heterocycles. The molecule has 3 atom stereocenters. The number of hydrogen-bond acceptors (Lipinski definition) is 6. The molecule has 4 N–H and O–H groups in total. The molecule has 0 saturated carbocycles. The van der Waals surface area contributed by atoms with Gasteiger partial charge in [-0.1, -0.05) is 50.2 Å². The predicted octanol–water partition coefficient (Wildman–Crippen LogP) is 3.10. The SMILES string of the molecule is CNC(=O)[C@H](Cc1ccccc1)NC(=O)[C@H](CC(C)C)C(CSc1cccs1)C(=O)NO. The lowest BCUT2D eigenvalue weighted by Crippen LogP contribution is -2.51. The van der Waals surface area contributed by atoms with Gasteiger partial charge in [0.1, 0.15) is 6.04 Å². The molecule has 1 aromatic carbocycles. The summed E-state index contributed by atoms with van der Waals surface area (Å²) < 4.78 is 1.02. The van der Waals surface area contributed by atoms with Gasteiger partial charge in [0, 0.05) is 19.2 Å². The molecule has 0 aliphatic heterocycles. The normalized spacial score (nSPS) is 13.8. The van der Waals surface area contributed by atoms with E-state index in [-0.39, 0.29) is 17.7 Å². The average molecular weight is 478 g/mol. The van der Waals surface area contributed by atoms with E-state index < -0.39 is 23.8 Å². The average Bonchev–Trinajstić information content (AvgIpc) is 3.31. The number of benzene rings is 1. The van der Waals surface area contributed by atoms with Crippen LogP contribution in [-0.4, -0.2) is 41.8 Å². The number of carbonyl (C=O) groups is 3. The van der Waals surface area contributed by atoms with Crippen molar-refractivity contribution < 1.29 is 19.6 Å². The minimum Gasteiger partial charge on any atom is -0.357 e. The summed E-state index contributed by atoms with van der Waals surface area (Å²) in [5.74, 6) is -2.26. The van der Waals surface area contributed by atoms with Crippen molar-refractivity contribution >= 4 is 40.8 Å².